The van der Waals surface area contributed by atoms with Crippen molar-refractivity contribution in [3.05, 3.63) is 0 Å². The molecule has 0 radical (unpaired) electrons. The van der Waals surface area contributed by atoms with E-state index in [9.17, 15) is 19.2 Å². The first-order valence-electron chi connectivity index (χ1n) is 12.6. The third kappa shape index (κ3) is 9.33. The number of unbranched alkanes of at least 4 members (excludes halogenated alkanes) is 5. The topological polar surface area (TPSA) is 110 Å². The lowest BCUT2D eigenvalue weighted by atomic mass is 10.00. The third-order valence-corrected chi connectivity index (χ3v) is 6.50. The van der Waals surface area contributed by atoms with Gasteiger partial charge in [0, 0.05) is 18.4 Å². The van der Waals surface area contributed by atoms with E-state index in [4.69, 9.17) is 14.6 Å². The summed E-state index contributed by atoms with van der Waals surface area (Å²) in [7, 11) is 0. The molecular weight excluding hydrogens is 426 g/mol. The molecule has 190 valence electrons. The highest BCUT2D eigenvalue weighted by molar-refractivity contribution is 5.88. The number of carboxylic acid groups (broad SMARTS) is 1. The van der Waals surface area contributed by atoms with Crippen molar-refractivity contribution in [1.29, 1.82) is 0 Å². The van der Waals surface area contributed by atoms with E-state index < -0.39 is 36.2 Å². The maximum Gasteiger partial charge on any atom is 0.348 e. The molecule has 1 rings (SSSR count). The number of hydrogen-bond acceptors (Lipinski definition) is 6. The number of carbonyl (C=O) groups is 4. The second-order valence-electron chi connectivity index (χ2n) is 9.31. The van der Waals surface area contributed by atoms with Crippen LogP contribution in [0.2, 0.25) is 0 Å². The van der Waals surface area contributed by atoms with Crippen LogP contribution in [0, 0.1) is 11.8 Å². The summed E-state index contributed by atoms with van der Waals surface area (Å²) in [4.78, 5) is 51.1. The number of aliphatic carboxylic acids is 1. The Morgan fingerprint density at radius 2 is 1.61 bits per heavy atom. The van der Waals surface area contributed by atoms with Crippen molar-refractivity contribution in [1.82, 2.24) is 4.90 Å². The molecule has 1 heterocycles. The maximum atomic E-state index is 13.0. The number of nitrogens with zero attached hydrogens (tertiary/aromatic N) is 1. The molecule has 0 aromatic rings. The third-order valence-electron chi connectivity index (χ3n) is 6.50. The fraction of sp³-hybridized carbons (Fsp3) is 0.840. The van der Waals surface area contributed by atoms with E-state index >= 15 is 0 Å². The second kappa shape index (κ2) is 14.9. The van der Waals surface area contributed by atoms with Crippen molar-refractivity contribution in [3.63, 3.8) is 0 Å². The average Bonchev–Trinajstić information content (AvgIpc) is 3.28. The van der Waals surface area contributed by atoms with Crippen LogP contribution in [0.5, 0.6) is 0 Å². The monoisotopic (exact) mass is 469 g/mol. The zero-order valence-corrected chi connectivity index (χ0v) is 21.0. The van der Waals surface area contributed by atoms with Crippen molar-refractivity contribution in [3.8, 4) is 0 Å². The van der Waals surface area contributed by atoms with E-state index in [1.165, 1.54) is 32.6 Å². The normalized spacial score (nSPS) is 19.4. The van der Waals surface area contributed by atoms with Gasteiger partial charge in [0.1, 0.15) is 6.04 Å². The summed E-state index contributed by atoms with van der Waals surface area (Å²) in [6.07, 6.45) is 6.92. The molecule has 0 spiro atoms. The van der Waals surface area contributed by atoms with Gasteiger partial charge < -0.3 is 19.5 Å². The van der Waals surface area contributed by atoms with Crippen LogP contribution in [0.3, 0.4) is 0 Å². The molecule has 5 atom stereocenters. The minimum absolute atomic E-state index is 0.0508. The summed E-state index contributed by atoms with van der Waals surface area (Å²) in [5.74, 6) is -3.34. The van der Waals surface area contributed by atoms with Gasteiger partial charge in [-0.25, -0.2) is 14.4 Å². The number of carbonyl (C=O) groups excluding carboxylic acids is 3. The van der Waals surface area contributed by atoms with Gasteiger partial charge in [0.25, 0.3) is 0 Å². The quantitative estimate of drug-likeness (QED) is 0.281. The summed E-state index contributed by atoms with van der Waals surface area (Å²) < 4.78 is 10.5. The van der Waals surface area contributed by atoms with Crippen molar-refractivity contribution >= 4 is 23.8 Å². The molecule has 8 nitrogen and oxygen atoms in total. The number of hydrogen-bond donors (Lipinski definition) is 1. The van der Waals surface area contributed by atoms with Gasteiger partial charge in [-0.2, -0.15) is 0 Å². The molecule has 8 heteroatoms. The molecule has 0 aromatic carbocycles. The Balaban J connectivity index is 2.71. The molecule has 0 bridgehead atoms. The summed E-state index contributed by atoms with van der Waals surface area (Å²) in [5.41, 5.74) is 0. The van der Waals surface area contributed by atoms with Crippen LogP contribution in [0.15, 0.2) is 0 Å². The van der Waals surface area contributed by atoms with Crippen LogP contribution in [-0.2, 0) is 28.7 Å². The highest BCUT2D eigenvalue weighted by Gasteiger charge is 2.40. The number of amides is 1. The molecule has 1 amide bonds. The number of ether oxygens (including phenoxy) is 2. The maximum absolute atomic E-state index is 13.0. The van der Waals surface area contributed by atoms with Crippen molar-refractivity contribution in [2.45, 2.75) is 117 Å². The first-order chi connectivity index (χ1) is 15.6. The van der Waals surface area contributed by atoms with Gasteiger partial charge in [0.2, 0.25) is 12.0 Å². The fourth-order valence-corrected chi connectivity index (χ4v) is 4.02. The molecule has 0 aliphatic carbocycles. The summed E-state index contributed by atoms with van der Waals surface area (Å²) in [5, 5.41) is 9.00. The molecule has 1 saturated heterocycles. The lowest BCUT2D eigenvalue weighted by Crippen LogP contribution is -2.46. The second-order valence-corrected chi connectivity index (χ2v) is 9.31. The molecule has 1 aliphatic rings. The predicted octanol–water partition coefficient (Wildman–Crippen LogP) is 4.34. The molecular formula is C25H43NO7. The first-order valence-corrected chi connectivity index (χ1v) is 12.6. The number of esters is 2. The van der Waals surface area contributed by atoms with Crippen LogP contribution >= 0.6 is 0 Å². The Kier molecular flexibility index (Phi) is 13.1. The van der Waals surface area contributed by atoms with Gasteiger partial charge in [0.05, 0.1) is 0 Å². The lowest BCUT2D eigenvalue weighted by Gasteiger charge is -2.29. The Hall–Kier alpha value is -2.12. The Labute approximate surface area is 198 Å². The molecule has 0 saturated carbocycles. The van der Waals surface area contributed by atoms with E-state index in [2.05, 4.69) is 6.92 Å². The average molecular weight is 470 g/mol. The van der Waals surface area contributed by atoms with Crippen molar-refractivity contribution in [2.75, 3.05) is 6.54 Å². The zero-order chi connectivity index (χ0) is 25.0. The van der Waals surface area contributed by atoms with Gasteiger partial charge in [-0.3, -0.25) is 4.79 Å². The standard InChI is InChI=1S/C25H43NO7/c1-6-8-9-10-11-12-14-18(4)22(27)26-16-13-15-20(26)24(30)33-21(17(3)7-2)25(31)32-19(5)23(28)29/h17-21H,6-16H2,1-5H3,(H,28,29)/t17-,18-,19-,20-,21+/m0/s1. The highest BCUT2D eigenvalue weighted by Crippen LogP contribution is 2.25. The smallest absolute Gasteiger partial charge is 0.348 e. The largest absolute Gasteiger partial charge is 0.479 e. The summed E-state index contributed by atoms with van der Waals surface area (Å²) in [6.45, 7) is 9.41. The van der Waals surface area contributed by atoms with Gasteiger partial charge in [-0.1, -0.05) is 66.2 Å². The predicted molar refractivity (Wildman–Crippen MR) is 124 cm³/mol. The number of likely N-dealkylation sites (tertiary alicyclic amines) is 1. The molecule has 1 fully saturated rings. The van der Waals surface area contributed by atoms with Gasteiger partial charge in [0.15, 0.2) is 6.10 Å². The molecule has 0 unspecified atom stereocenters. The minimum atomic E-state index is -1.34. The van der Waals surface area contributed by atoms with E-state index in [-0.39, 0.29) is 17.7 Å². The minimum Gasteiger partial charge on any atom is -0.479 e. The molecule has 1 aliphatic heterocycles. The van der Waals surface area contributed by atoms with Crippen LogP contribution in [0.25, 0.3) is 0 Å². The Morgan fingerprint density at radius 1 is 0.970 bits per heavy atom. The summed E-state index contributed by atoms with van der Waals surface area (Å²) in [6, 6.07) is -0.722. The highest BCUT2D eigenvalue weighted by atomic mass is 16.6. The molecule has 0 aromatic heterocycles. The summed E-state index contributed by atoms with van der Waals surface area (Å²) >= 11 is 0. The van der Waals surface area contributed by atoms with Gasteiger partial charge in [-0.05, 0) is 32.6 Å². The molecule has 33 heavy (non-hydrogen) atoms. The van der Waals surface area contributed by atoms with Gasteiger partial charge in [-0.15, -0.1) is 0 Å². The van der Waals surface area contributed by atoms with E-state index in [0.29, 0.717) is 25.8 Å². The number of carboxylic acids is 1. The van der Waals surface area contributed by atoms with E-state index in [1.54, 1.807) is 11.8 Å². The Morgan fingerprint density at radius 3 is 2.21 bits per heavy atom. The van der Waals surface area contributed by atoms with Crippen molar-refractivity contribution in [2.24, 2.45) is 11.8 Å². The zero-order valence-electron chi connectivity index (χ0n) is 21.0. The van der Waals surface area contributed by atoms with Crippen LogP contribution in [-0.4, -0.2) is 58.6 Å². The van der Waals surface area contributed by atoms with Crippen LogP contribution in [0.4, 0.5) is 0 Å². The fourth-order valence-electron chi connectivity index (χ4n) is 4.02. The lowest BCUT2D eigenvalue weighted by molar-refractivity contribution is -0.181. The van der Waals surface area contributed by atoms with Crippen molar-refractivity contribution < 1.29 is 33.8 Å². The first kappa shape index (κ1) is 28.9. The number of rotatable bonds is 15. The van der Waals surface area contributed by atoms with Gasteiger partial charge >= 0.3 is 17.9 Å². The van der Waals surface area contributed by atoms with E-state index in [0.717, 1.165) is 19.3 Å². The molecule has 1 N–H and O–H groups in total. The van der Waals surface area contributed by atoms with E-state index in [1.807, 2.05) is 13.8 Å². The SMILES string of the molecule is CCCCCCCC[C@H](C)C(=O)N1CCC[C@H]1C(=O)O[C@@H](C(=O)O[C@@H](C)C(=O)O)[C@@H](C)CC. The van der Waals surface area contributed by atoms with Crippen LogP contribution < -0.4 is 0 Å². The van der Waals surface area contributed by atoms with Crippen LogP contribution in [0.1, 0.15) is 98.8 Å². The Bertz CT molecular complexity index is 651.